The van der Waals surface area contributed by atoms with Crippen molar-refractivity contribution in [2.45, 2.75) is 19.4 Å². The lowest BCUT2D eigenvalue weighted by Crippen LogP contribution is -2.28. The Labute approximate surface area is 141 Å². The third kappa shape index (κ3) is 3.02. The minimum Gasteiger partial charge on any atom is -0.493 e. The number of allylic oxidation sites excluding steroid dienone is 1. The first-order valence-electron chi connectivity index (χ1n) is 7.65. The normalized spacial score (nSPS) is 15.2. The number of nitriles is 1. The van der Waals surface area contributed by atoms with E-state index in [-0.39, 0.29) is 0 Å². The topological polar surface area (TPSA) is 55.1 Å². The van der Waals surface area contributed by atoms with Crippen LogP contribution in [0, 0.1) is 11.3 Å². The zero-order valence-corrected chi connectivity index (χ0v) is 13.9. The van der Waals surface area contributed by atoms with Crippen molar-refractivity contribution in [3.63, 3.8) is 0 Å². The molecule has 0 bridgehead atoms. The van der Waals surface area contributed by atoms with Gasteiger partial charge in [-0.25, -0.2) is 0 Å². The third-order valence-corrected chi connectivity index (χ3v) is 3.84. The molecule has 2 aromatic rings. The molecule has 4 heteroatoms. The number of hydrogen-bond donors (Lipinski definition) is 0. The number of ether oxygens (including phenoxy) is 2. The summed E-state index contributed by atoms with van der Waals surface area (Å²) in [5, 5.41) is 9.52. The minimum absolute atomic E-state index is 0.397. The molecule has 0 saturated heterocycles. The summed E-state index contributed by atoms with van der Waals surface area (Å²) in [5.74, 6) is 1.38. The lowest BCUT2D eigenvalue weighted by Gasteiger charge is -2.29. The van der Waals surface area contributed by atoms with Crippen LogP contribution in [0.25, 0.3) is 17.7 Å². The molecule has 0 radical (unpaired) electrons. The van der Waals surface area contributed by atoms with Crippen molar-refractivity contribution in [1.82, 2.24) is 4.98 Å². The first-order chi connectivity index (χ1) is 11.5. The van der Waals surface area contributed by atoms with Gasteiger partial charge in [0, 0.05) is 18.0 Å². The highest BCUT2D eigenvalue weighted by atomic mass is 16.5. The zero-order valence-electron chi connectivity index (χ0n) is 13.9. The van der Waals surface area contributed by atoms with E-state index in [0.29, 0.717) is 17.1 Å². The number of benzene rings is 1. The van der Waals surface area contributed by atoms with Crippen molar-refractivity contribution >= 4 is 17.7 Å². The summed E-state index contributed by atoms with van der Waals surface area (Å²) in [6.07, 6.45) is 9.24. The van der Waals surface area contributed by atoms with Gasteiger partial charge in [-0.05, 0) is 55.3 Å². The first kappa shape index (κ1) is 15.8. The maximum absolute atomic E-state index is 9.52. The van der Waals surface area contributed by atoms with E-state index >= 15 is 0 Å². The van der Waals surface area contributed by atoms with E-state index in [9.17, 15) is 5.26 Å². The molecule has 0 spiro atoms. The molecule has 1 aliphatic heterocycles. The molecule has 0 fully saturated rings. The van der Waals surface area contributed by atoms with E-state index in [2.05, 4.69) is 11.1 Å². The van der Waals surface area contributed by atoms with Crippen molar-refractivity contribution in [2.24, 2.45) is 0 Å². The first-order valence-corrected chi connectivity index (χ1v) is 7.65. The number of nitrogens with zero attached hydrogens (tertiary/aromatic N) is 2. The molecule has 2 heterocycles. The van der Waals surface area contributed by atoms with Crippen LogP contribution in [0.3, 0.4) is 0 Å². The average molecular weight is 318 g/mol. The van der Waals surface area contributed by atoms with Gasteiger partial charge >= 0.3 is 0 Å². The molecule has 0 atom stereocenters. The Bertz CT molecular complexity index is 859. The fourth-order valence-corrected chi connectivity index (χ4v) is 2.61. The summed E-state index contributed by atoms with van der Waals surface area (Å²) < 4.78 is 11.5. The molecule has 24 heavy (non-hydrogen) atoms. The van der Waals surface area contributed by atoms with Gasteiger partial charge in [0.2, 0.25) is 0 Å². The molecule has 0 aliphatic carbocycles. The highest BCUT2D eigenvalue weighted by molar-refractivity contribution is 5.92. The molecule has 4 nitrogen and oxygen atoms in total. The van der Waals surface area contributed by atoms with Crippen molar-refractivity contribution in [2.75, 3.05) is 7.11 Å². The molecule has 0 saturated carbocycles. The minimum atomic E-state index is -0.397. The smallest absolute Gasteiger partial charge is 0.170 e. The molecule has 1 aromatic heterocycles. The van der Waals surface area contributed by atoms with E-state index < -0.39 is 5.60 Å². The molecule has 120 valence electrons. The monoisotopic (exact) mass is 318 g/mol. The Morgan fingerprint density at radius 3 is 2.67 bits per heavy atom. The van der Waals surface area contributed by atoms with Gasteiger partial charge in [0.15, 0.2) is 11.5 Å². The fraction of sp³-hybridized carbons (Fsp3) is 0.200. The Morgan fingerprint density at radius 1 is 1.25 bits per heavy atom. The highest BCUT2D eigenvalue weighted by Gasteiger charge is 2.26. The summed E-state index contributed by atoms with van der Waals surface area (Å²) in [7, 11) is 1.62. The van der Waals surface area contributed by atoms with Crippen LogP contribution < -0.4 is 9.47 Å². The lowest BCUT2D eigenvalue weighted by atomic mass is 9.96. The van der Waals surface area contributed by atoms with Crippen LogP contribution in [0.1, 0.15) is 30.5 Å². The van der Waals surface area contributed by atoms with Gasteiger partial charge in [-0.15, -0.1) is 0 Å². The van der Waals surface area contributed by atoms with Crippen LogP contribution in [0.15, 0.2) is 42.7 Å². The summed E-state index contributed by atoms with van der Waals surface area (Å²) >= 11 is 0. The zero-order chi connectivity index (χ0) is 17.2. The van der Waals surface area contributed by atoms with Gasteiger partial charge < -0.3 is 9.47 Å². The van der Waals surface area contributed by atoms with E-state index in [1.807, 2.05) is 56.3 Å². The van der Waals surface area contributed by atoms with Crippen molar-refractivity contribution in [3.8, 4) is 17.6 Å². The molecule has 1 aliphatic rings. The predicted molar refractivity (Wildman–Crippen MR) is 94.5 cm³/mol. The Kier molecular flexibility index (Phi) is 4.09. The summed E-state index contributed by atoms with van der Waals surface area (Å²) in [5.41, 5.74) is 2.83. The quantitative estimate of drug-likeness (QED) is 0.790. The number of fused-ring (bicyclic) bond motifs is 1. The standard InChI is InChI=1S/C20H18N2O2/c1-20(2)9-6-17-15(4-5-18(23-3)19(17)24-20)12-16(13-21)14-7-10-22-11-8-14/h4-12H,1-3H3/b16-12+. The SMILES string of the molecule is COc1ccc(/C=C(\C#N)c2ccncc2)c2c1OC(C)(C)C=C2. The summed E-state index contributed by atoms with van der Waals surface area (Å²) in [6, 6.07) is 9.69. The predicted octanol–water partition coefficient (Wildman–Crippen LogP) is 4.34. The van der Waals surface area contributed by atoms with Gasteiger partial charge in [-0.1, -0.05) is 12.1 Å². The summed E-state index contributed by atoms with van der Waals surface area (Å²) in [6.45, 7) is 3.98. The van der Waals surface area contributed by atoms with Crippen molar-refractivity contribution in [1.29, 1.82) is 5.26 Å². The van der Waals surface area contributed by atoms with Gasteiger partial charge in [-0.2, -0.15) is 5.26 Å². The number of hydrogen-bond acceptors (Lipinski definition) is 4. The maximum Gasteiger partial charge on any atom is 0.170 e. The second kappa shape index (κ2) is 6.21. The van der Waals surface area contributed by atoms with Gasteiger partial charge in [-0.3, -0.25) is 4.98 Å². The van der Waals surface area contributed by atoms with Gasteiger partial charge in [0.1, 0.15) is 5.60 Å². The molecule has 0 amide bonds. The Hall–Kier alpha value is -3.06. The fourth-order valence-electron chi connectivity index (χ4n) is 2.61. The van der Waals surface area contributed by atoms with Crippen LogP contribution in [0.4, 0.5) is 0 Å². The number of rotatable bonds is 3. The van der Waals surface area contributed by atoms with Crippen LogP contribution in [-0.4, -0.2) is 17.7 Å². The largest absolute Gasteiger partial charge is 0.493 e. The molecule has 3 rings (SSSR count). The van der Waals surface area contributed by atoms with E-state index in [0.717, 1.165) is 16.7 Å². The summed E-state index contributed by atoms with van der Waals surface area (Å²) in [4.78, 5) is 3.99. The van der Waals surface area contributed by atoms with Crippen LogP contribution in [0.2, 0.25) is 0 Å². The molecular weight excluding hydrogens is 300 g/mol. The molecule has 0 unspecified atom stereocenters. The van der Waals surface area contributed by atoms with Crippen molar-refractivity contribution < 1.29 is 9.47 Å². The second-order valence-electron chi connectivity index (χ2n) is 6.04. The maximum atomic E-state index is 9.52. The third-order valence-electron chi connectivity index (χ3n) is 3.84. The van der Waals surface area contributed by atoms with E-state index in [1.54, 1.807) is 19.5 Å². The second-order valence-corrected chi connectivity index (χ2v) is 6.04. The lowest BCUT2D eigenvalue weighted by molar-refractivity contribution is 0.152. The number of pyridine rings is 1. The highest BCUT2D eigenvalue weighted by Crippen LogP contribution is 2.41. The van der Waals surface area contributed by atoms with E-state index in [4.69, 9.17) is 9.47 Å². The van der Waals surface area contributed by atoms with Crippen LogP contribution in [-0.2, 0) is 0 Å². The van der Waals surface area contributed by atoms with Gasteiger partial charge in [0.25, 0.3) is 0 Å². The number of methoxy groups -OCH3 is 1. The molecule has 1 aromatic carbocycles. The van der Waals surface area contributed by atoms with Gasteiger partial charge in [0.05, 0.1) is 18.8 Å². The Morgan fingerprint density at radius 2 is 2.00 bits per heavy atom. The number of aromatic nitrogens is 1. The van der Waals surface area contributed by atoms with Crippen LogP contribution in [0.5, 0.6) is 11.5 Å². The van der Waals surface area contributed by atoms with E-state index in [1.165, 1.54) is 0 Å². The van der Waals surface area contributed by atoms with Crippen molar-refractivity contribution in [3.05, 3.63) is 59.4 Å². The van der Waals surface area contributed by atoms with Crippen LogP contribution >= 0.6 is 0 Å². The average Bonchev–Trinajstić information content (AvgIpc) is 2.59. The molecular formula is C20H18N2O2. The Balaban J connectivity index is 2.13. The molecule has 0 N–H and O–H groups in total.